The van der Waals surface area contributed by atoms with E-state index in [1.54, 1.807) is 0 Å². The topological polar surface area (TPSA) is 40.6 Å². The van der Waals surface area contributed by atoms with Crippen LogP contribution in [0.5, 0.6) is 0 Å². The van der Waals surface area contributed by atoms with Crippen LogP contribution in [0.1, 0.15) is 0 Å². The molecule has 0 aliphatic rings. The van der Waals surface area contributed by atoms with Gasteiger partial charge in [-0.3, -0.25) is 0 Å². The van der Waals surface area contributed by atoms with Gasteiger partial charge in [0.2, 0.25) is 0 Å². The number of rotatable bonds is 5. The van der Waals surface area contributed by atoms with Gasteiger partial charge in [0, 0.05) is 38.1 Å². The Balaban J connectivity index is 1.17. The maximum Gasteiger partial charge on any atom is 0.182 e. The molecular formula is C51H33N5. The second-order valence-corrected chi connectivity index (χ2v) is 14.6. The van der Waals surface area contributed by atoms with Crippen LogP contribution in [0.15, 0.2) is 188 Å². The Morgan fingerprint density at radius 1 is 0.393 bits per heavy atom. The number of hydrogen-bond acceptors (Lipinski definition) is 2. The van der Waals surface area contributed by atoms with Crippen molar-refractivity contribution in [3.63, 3.8) is 0 Å². The van der Waals surface area contributed by atoms with Gasteiger partial charge in [-0.2, -0.15) is 0 Å². The third-order valence-corrected chi connectivity index (χ3v) is 11.6. The van der Waals surface area contributed by atoms with Crippen LogP contribution in [0.2, 0.25) is 0 Å². The summed E-state index contributed by atoms with van der Waals surface area (Å²) in [4.78, 5) is 5.41. The van der Waals surface area contributed by atoms with Gasteiger partial charge in [-0.25, -0.2) is 9.67 Å². The Bertz CT molecular complexity index is 3510. The molecule has 262 valence electrons. The fourth-order valence-electron chi connectivity index (χ4n) is 9.14. The van der Waals surface area contributed by atoms with Crippen LogP contribution in [0.25, 0.3) is 104 Å². The van der Waals surface area contributed by atoms with E-state index in [9.17, 15) is 0 Å². The van der Waals surface area contributed by atoms with Gasteiger partial charge >= 0.3 is 0 Å². The third kappa shape index (κ3) is 4.49. The van der Waals surface area contributed by atoms with Crippen molar-refractivity contribution in [1.82, 2.24) is 23.9 Å². The second kappa shape index (κ2) is 12.0. The summed E-state index contributed by atoms with van der Waals surface area (Å²) in [5.74, 6) is 1.55. The van der Waals surface area contributed by atoms with E-state index in [2.05, 4.69) is 202 Å². The van der Waals surface area contributed by atoms with Gasteiger partial charge in [-0.05, 0) is 51.2 Å². The fourth-order valence-corrected chi connectivity index (χ4v) is 9.14. The van der Waals surface area contributed by atoms with Gasteiger partial charge in [0.05, 0.1) is 27.8 Å². The highest BCUT2D eigenvalue weighted by atomic mass is 15.4. The minimum absolute atomic E-state index is 0.465. The van der Waals surface area contributed by atoms with Crippen LogP contribution in [0, 0.1) is 0 Å². The molecule has 0 saturated carbocycles. The number of nitrogens with zero attached hydrogens (tertiary/aromatic N) is 5. The van der Waals surface area contributed by atoms with Gasteiger partial charge in [0.25, 0.3) is 0 Å². The van der Waals surface area contributed by atoms with E-state index in [1.165, 1.54) is 65.3 Å². The molecule has 0 amide bonds. The molecule has 0 radical (unpaired) electrons. The molecule has 0 unspecified atom stereocenters. The van der Waals surface area contributed by atoms with E-state index >= 15 is 0 Å². The average molecular weight is 716 g/mol. The van der Waals surface area contributed by atoms with E-state index in [-0.39, 0.29) is 0 Å². The highest BCUT2D eigenvalue weighted by molar-refractivity contribution is 6.26. The van der Waals surface area contributed by atoms with E-state index in [1.807, 2.05) is 0 Å². The molecule has 5 nitrogen and oxygen atoms in total. The first-order chi connectivity index (χ1) is 27.8. The molecular weight excluding hydrogens is 683 g/mol. The summed E-state index contributed by atoms with van der Waals surface area (Å²) in [6, 6.07) is 67.4. The molecule has 0 bridgehead atoms. The minimum atomic E-state index is 0.465. The summed E-state index contributed by atoms with van der Waals surface area (Å²) in [5.41, 5.74) is 7.94. The van der Waals surface area contributed by atoms with Gasteiger partial charge in [0.15, 0.2) is 11.6 Å². The van der Waals surface area contributed by atoms with Crippen molar-refractivity contribution in [2.75, 3.05) is 0 Å². The minimum Gasteiger partial charge on any atom is -0.319 e. The zero-order chi connectivity index (χ0) is 36.7. The number of para-hydroxylation sites is 2. The first-order valence-electron chi connectivity index (χ1n) is 19.1. The van der Waals surface area contributed by atoms with Gasteiger partial charge in [0.1, 0.15) is 6.67 Å². The first-order valence-corrected chi connectivity index (χ1v) is 19.1. The van der Waals surface area contributed by atoms with Crippen LogP contribution >= 0.6 is 0 Å². The summed E-state index contributed by atoms with van der Waals surface area (Å²) in [6.45, 7) is 0.465. The fraction of sp³-hybridized carbons (Fsp3) is 0.0196. The SMILES string of the molecule is c1ccc2c(-c3nc(-c4cccc5ccccc45)n(Cn4c5ccccc5c5ccc6c(c7ccccc7n6-c6cccc7ccccc67)c54)n3)cccc2c1. The van der Waals surface area contributed by atoms with Crippen molar-refractivity contribution in [2.24, 2.45) is 0 Å². The molecule has 0 saturated heterocycles. The highest BCUT2D eigenvalue weighted by Gasteiger charge is 2.23. The van der Waals surface area contributed by atoms with Crippen LogP contribution in [-0.4, -0.2) is 23.9 Å². The lowest BCUT2D eigenvalue weighted by Crippen LogP contribution is -2.11. The summed E-state index contributed by atoms with van der Waals surface area (Å²) < 4.78 is 7.03. The van der Waals surface area contributed by atoms with Crippen molar-refractivity contribution in [1.29, 1.82) is 0 Å². The largest absolute Gasteiger partial charge is 0.319 e. The van der Waals surface area contributed by atoms with Crippen LogP contribution in [0.4, 0.5) is 0 Å². The van der Waals surface area contributed by atoms with Crippen LogP contribution in [-0.2, 0) is 6.67 Å². The lowest BCUT2D eigenvalue weighted by atomic mass is 10.0. The monoisotopic (exact) mass is 715 g/mol. The van der Waals surface area contributed by atoms with E-state index in [0.717, 1.165) is 33.2 Å². The zero-order valence-electron chi connectivity index (χ0n) is 30.3. The Morgan fingerprint density at radius 2 is 0.946 bits per heavy atom. The molecule has 12 rings (SSSR count). The normalized spacial score (nSPS) is 12.0. The standard InChI is InChI=1S/C51H33N5/c1-4-20-36-33(14-1)17-11-25-41(36)50-52-51(42-26-12-18-34-15-2-5-21-37(34)42)55(53-50)32-54-44-27-9-7-23-39(44)40-30-31-47-48(49(40)54)43-24-8-10-28-46(43)56(47)45-29-13-19-35-16-3-6-22-38(35)45/h1-31H,32H2. The number of fused-ring (bicyclic) bond motifs is 10. The number of aromatic nitrogens is 5. The maximum atomic E-state index is 5.41. The Labute approximate surface area is 321 Å². The van der Waals surface area contributed by atoms with Crippen molar-refractivity contribution in [2.45, 2.75) is 6.67 Å². The predicted octanol–water partition coefficient (Wildman–Crippen LogP) is 12.8. The molecule has 0 spiro atoms. The lowest BCUT2D eigenvalue weighted by molar-refractivity contribution is 0.580. The highest BCUT2D eigenvalue weighted by Crippen LogP contribution is 2.42. The Hall–Kier alpha value is -7.50. The quantitative estimate of drug-likeness (QED) is 0.178. The van der Waals surface area contributed by atoms with Crippen molar-refractivity contribution >= 4 is 75.9 Å². The smallest absolute Gasteiger partial charge is 0.182 e. The van der Waals surface area contributed by atoms with E-state index in [0.29, 0.717) is 12.5 Å². The van der Waals surface area contributed by atoms with Gasteiger partial charge in [-0.1, -0.05) is 164 Å². The van der Waals surface area contributed by atoms with E-state index in [4.69, 9.17) is 10.1 Å². The predicted molar refractivity (Wildman–Crippen MR) is 233 cm³/mol. The summed E-state index contributed by atoms with van der Waals surface area (Å²) in [6.07, 6.45) is 0. The summed E-state index contributed by atoms with van der Waals surface area (Å²) in [5, 5.41) is 17.4. The molecule has 56 heavy (non-hydrogen) atoms. The summed E-state index contributed by atoms with van der Waals surface area (Å²) in [7, 11) is 0. The molecule has 0 aliphatic carbocycles. The van der Waals surface area contributed by atoms with Crippen molar-refractivity contribution in [3.8, 4) is 28.5 Å². The Kier molecular flexibility index (Phi) is 6.63. The molecule has 12 aromatic rings. The van der Waals surface area contributed by atoms with Crippen LogP contribution < -0.4 is 0 Å². The zero-order valence-corrected chi connectivity index (χ0v) is 30.3. The molecule has 5 heteroatoms. The average Bonchev–Trinajstić information content (AvgIpc) is 3.93. The van der Waals surface area contributed by atoms with Gasteiger partial charge in [-0.15, -0.1) is 5.10 Å². The second-order valence-electron chi connectivity index (χ2n) is 14.6. The number of hydrogen-bond donors (Lipinski definition) is 0. The summed E-state index contributed by atoms with van der Waals surface area (Å²) >= 11 is 0. The molecule has 0 atom stereocenters. The molecule has 3 heterocycles. The lowest BCUT2D eigenvalue weighted by Gasteiger charge is -2.13. The van der Waals surface area contributed by atoms with Crippen molar-refractivity contribution < 1.29 is 0 Å². The maximum absolute atomic E-state index is 5.41. The number of benzene rings is 9. The molecule has 0 N–H and O–H groups in total. The molecule has 0 fully saturated rings. The van der Waals surface area contributed by atoms with Crippen LogP contribution in [0.3, 0.4) is 0 Å². The molecule has 0 aliphatic heterocycles. The Morgan fingerprint density at radius 3 is 1.70 bits per heavy atom. The molecule has 3 aromatic heterocycles. The third-order valence-electron chi connectivity index (χ3n) is 11.6. The van der Waals surface area contributed by atoms with E-state index < -0.39 is 0 Å². The van der Waals surface area contributed by atoms with Gasteiger partial charge < -0.3 is 9.13 Å². The van der Waals surface area contributed by atoms with Crippen molar-refractivity contribution in [3.05, 3.63) is 188 Å². The molecule has 9 aromatic carbocycles. The first kappa shape index (κ1) is 30.9.